The third-order valence-electron chi connectivity index (χ3n) is 7.93. The van der Waals surface area contributed by atoms with Crippen LogP contribution in [-0.4, -0.2) is 52.4 Å². The molecule has 192 valence electrons. The van der Waals surface area contributed by atoms with E-state index in [0.717, 1.165) is 41.0 Å². The van der Waals surface area contributed by atoms with Gasteiger partial charge in [-0.05, 0) is 62.3 Å². The molecule has 5 rings (SSSR count). The van der Waals surface area contributed by atoms with Crippen molar-refractivity contribution < 1.29 is 14.3 Å². The molecule has 0 saturated heterocycles. The molecule has 1 amide bonds. The lowest BCUT2D eigenvalue weighted by Gasteiger charge is -2.32. The van der Waals surface area contributed by atoms with Crippen LogP contribution in [0.25, 0.3) is 11.0 Å². The molecule has 8 nitrogen and oxygen atoms in total. The summed E-state index contributed by atoms with van der Waals surface area (Å²) in [5, 5.41) is 9.20. The van der Waals surface area contributed by atoms with Gasteiger partial charge in [-0.2, -0.15) is 5.10 Å². The van der Waals surface area contributed by atoms with Crippen LogP contribution in [0.4, 0.5) is 5.69 Å². The number of nitrogens with one attached hydrogen (secondary N) is 1. The highest BCUT2D eigenvalue weighted by atomic mass is 16.5. The number of nitrogens with zero attached hydrogens (tertiary/aromatic N) is 4. The second kappa shape index (κ2) is 10.4. The van der Waals surface area contributed by atoms with Crippen molar-refractivity contribution in [3.05, 3.63) is 41.2 Å². The zero-order chi connectivity index (χ0) is 25.2. The molecule has 2 aliphatic rings. The van der Waals surface area contributed by atoms with E-state index in [1.807, 2.05) is 27.9 Å². The summed E-state index contributed by atoms with van der Waals surface area (Å²) in [5.41, 5.74) is 4.57. The first kappa shape index (κ1) is 24.4. The van der Waals surface area contributed by atoms with Crippen molar-refractivity contribution in [3.8, 4) is 11.5 Å². The van der Waals surface area contributed by atoms with Crippen molar-refractivity contribution in [1.29, 1.82) is 0 Å². The molecule has 1 fully saturated rings. The standard InChI is InChI=1S/C28H37N5O3/c1-5-33-27-22(16-30-33)26(31-18(2)19-9-7-6-8-10-19)23(15-29-27)28(34)32-12-11-20-13-24(35-3)25(36-4)14-21(20)17-32/h13-16,18-19H,5-12,17H2,1-4H3,(H,29,31)/t18-/m1/s1. The molecule has 8 heteroatoms. The molecular formula is C28H37N5O3. The maximum absolute atomic E-state index is 13.9. The molecule has 1 atom stereocenters. The lowest BCUT2D eigenvalue weighted by molar-refractivity contribution is 0.0735. The number of methoxy groups -OCH3 is 2. The van der Waals surface area contributed by atoms with E-state index in [9.17, 15) is 4.79 Å². The van der Waals surface area contributed by atoms with Crippen LogP contribution < -0.4 is 14.8 Å². The minimum absolute atomic E-state index is 0.00701. The number of carbonyl (C=O) groups excluding carboxylic acids is 1. The third kappa shape index (κ3) is 4.49. The average Bonchev–Trinajstić information content (AvgIpc) is 3.35. The molecule has 0 unspecified atom stereocenters. The van der Waals surface area contributed by atoms with Crippen molar-refractivity contribution >= 4 is 22.6 Å². The van der Waals surface area contributed by atoms with E-state index in [1.165, 1.54) is 37.7 Å². The summed E-state index contributed by atoms with van der Waals surface area (Å²) in [6.07, 6.45) is 10.7. The van der Waals surface area contributed by atoms with Crippen LogP contribution in [0.2, 0.25) is 0 Å². The average molecular weight is 492 g/mol. The number of pyridine rings is 1. The highest BCUT2D eigenvalue weighted by Gasteiger charge is 2.29. The van der Waals surface area contributed by atoms with Gasteiger partial charge in [0.05, 0.1) is 37.1 Å². The number of aryl methyl sites for hydroxylation is 1. The van der Waals surface area contributed by atoms with E-state index in [4.69, 9.17) is 9.47 Å². The lowest BCUT2D eigenvalue weighted by Crippen LogP contribution is -2.37. The Morgan fingerprint density at radius 2 is 1.83 bits per heavy atom. The van der Waals surface area contributed by atoms with Crippen LogP contribution in [0, 0.1) is 5.92 Å². The number of hydrogen-bond donors (Lipinski definition) is 1. The topological polar surface area (TPSA) is 81.5 Å². The van der Waals surface area contributed by atoms with E-state index in [0.29, 0.717) is 30.3 Å². The first-order valence-corrected chi connectivity index (χ1v) is 13.2. The Bertz CT molecular complexity index is 1250. The Hall–Kier alpha value is -3.29. The molecule has 0 spiro atoms. The van der Waals surface area contributed by atoms with E-state index < -0.39 is 0 Å². The number of rotatable bonds is 7. The molecule has 0 bridgehead atoms. The number of ether oxygens (including phenoxy) is 2. The fourth-order valence-electron chi connectivity index (χ4n) is 5.78. The second-order valence-corrected chi connectivity index (χ2v) is 10.0. The molecule has 2 aromatic heterocycles. The summed E-state index contributed by atoms with van der Waals surface area (Å²) in [6.45, 7) is 6.20. The van der Waals surface area contributed by atoms with Gasteiger partial charge in [-0.25, -0.2) is 9.67 Å². The maximum Gasteiger partial charge on any atom is 0.257 e. The molecule has 0 radical (unpaired) electrons. The van der Waals surface area contributed by atoms with Crippen molar-refractivity contribution in [2.24, 2.45) is 5.92 Å². The van der Waals surface area contributed by atoms with Crippen LogP contribution in [-0.2, 0) is 19.5 Å². The van der Waals surface area contributed by atoms with E-state index >= 15 is 0 Å². The minimum atomic E-state index is -0.00701. The molecular weight excluding hydrogens is 454 g/mol. The zero-order valence-corrected chi connectivity index (χ0v) is 21.8. The Kier molecular flexibility index (Phi) is 7.03. The Morgan fingerprint density at radius 1 is 1.11 bits per heavy atom. The van der Waals surface area contributed by atoms with Crippen LogP contribution in [0.3, 0.4) is 0 Å². The quantitative estimate of drug-likeness (QED) is 0.498. The van der Waals surface area contributed by atoms with Crippen LogP contribution >= 0.6 is 0 Å². The summed E-state index contributed by atoms with van der Waals surface area (Å²) >= 11 is 0. The minimum Gasteiger partial charge on any atom is -0.493 e. The Morgan fingerprint density at radius 3 is 2.53 bits per heavy atom. The first-order chi connectivity index (χ1) is 17.5. The first-order valence-electron chi connectivity index (χ1n) is 13.2. The lowest BCUT2D eigenvalue weighted by atomic mass is 9.84. The second-order valence-electron chi connectivity index (χ2n) is 10.0. The zero-order valence-electron chi connectivity index (χ0n) is 21.8. The maximum atomic E-state index is 13.9. The van der Waals surface area contributed by atoms with Crippen molar-refractivity contribution in [3.63, 3.8) is 0 Å². The Balaban J connectivity index is 1.47. The van der Waals surface area contributed by atoms with Gasteiger partial charge in [-0.3, -0.25) is 4.79 Å². The van der Waals surface area contributed by atoms with Gasteiger partial charge in [0.15, 0.2) is 17.1 Å². The van der Waals surface area contributed by atoms with Gasteiger partial charge < -0.3 is 19.7 Å². The van der Waals surface area contributed by atoms with Gasteiger partial charge in [0.1, 0.15) is 0 Å². The smallest absolute Gasteiger partial charge is 0.257 e. The molecule has 1 aliphatic carbocycles. The predicted octanol–water partition coefficient (Wildman–Crippen LogP) is 5.05. The van der Waals surface area contributed by atoms with E-state index in [-0.39, 0.29) is 11.9 Å². The summed E-state index contributed by atoms with van der Waals surface area (Å²) in [4.78, 5) is 20.5. The number of anilines is 1. The van der Waals surface area contributed by atoms with Crippen molar-refractivity contribution in [2.45, 2.75) is 71.5 Å². The van der Waals surface area contributed by atoms with Crippen LogP contribution in [0.5, 0.6) is 11.5 Å². The molecule has 3 aromatic rings. The third-order valence-corrected chi connectivity index (χ3v) is 7.93. The van der Waals surface area contributed by atoms with Gasteiger partial charge in [0, 0.05) is 31.9 Å². The largest absolute Gasteiger partial charge is 0.493 e. The number of amides is 1. The summed E-state index contributed by atoms with van der Waals surface area (Å²) < 4.78 is 12.9. The number of hydrogen-bond acceptors (Lipinski definition) is 6. The fraction of sp³-hybridized carbons (Fsp3) is 0.536. The highest BCUT2D eigenvalue weighted by molar-refractivity contribution is 6.06. The van der Waals surface area contributed by atoms with E-state index in [2.05, 4.69) is 29.2 Å². The number of aromatic nitrogens is 3. The Labute approximate surface area is 213 Å². The number of benzene rings is 1. The fourth-order valence-corrected chi connectivity index (χ4v) is 5.78. The van der Waals surface area contributed by atoms with Gasteiger partial charge in [0.2, 0.25) is 0 Å². The van der Waals surface area contributed by atoms with Crippen LogP contribution in [0.15, 0.2) is 24.5 Å². The molecule has 1 aromatic carbocycles. The molecule has 1 aliphatic heterocycles. The molecule has 1 saturated carbocycles. The van der Waals surface area contributed by atoms with E-state index in [1.54, 1.807) is 20.4 Å². The van der Waals surface area contributed by atoms with Crippen LogP contribution in [0.1, 0.15) is 67.4 Å². The highest BCUT2D eigenvalue weighted by Crippen LogP contribution is 2.35. The normalized spacial score (nSPS) is 17.1. The van der Waals surface area contributed by atoms with Gasteiger partial charge in [-0.15, -0.1) is 0 Å². The van der Waals surface area contributed by atoms with Gasteiger partial charge in [0.25, 0.3) is 5.91 Å². The molecule has 36 heavy (non-hydrogen) atoms. The summed E-state index contributed by atoms with van der Waals surface area (Å²) in [6, 6.07) is 4.29. The predicted molar refractivity (Wildman–Crippen MR) is 141 cm³/mol. The monoisotopic (exact) mass is 491 g/mol. The molecule has 3 heterocycles. The number of fused-ring (bicyclic) bond motifs is 2. The van der Waals surface area contributed by atoms with Gasteiger partial charge >= 0.3 is 0 Å². The van der Waals surface area contributed by atoms with Gasteiger partial charge in [-0.1, -0.05) is 19.3 Å². The summed E-state index contributed by atoms with van der Waals surface area (Å²) in [7, 11) is 3.29. The van der Waals surface area contributed by atoms with Crippen molar-refractivity contribution in [2.75, 3.05) is 26.1 Å². The number of carbonyl (C=O) groups is 1. The SMILES string of the molecule is CCn1ncc2c(N[C@H](C)C3CCCCC3)c(C(=O)N3CCc4cc(OC)c(OC)cc4C3)cnc21. The summed E-state index contributed by atoms with van der Waals surface area (Å²) in [5.74, 6) is 2.01. The van der Waals surface area contributed by atoms with Crippen molar-refractivity contribution in [1.82, 2.24) is 19.7 Å². The molecule has 1 N–H and O–H groups in total.